The summed E-state index contributed by atoms with van der Waals surface area (Å²) in [6.07, 6.45) is 0.629. The molecule has 1 unspecified atom stereocenters. The first-order chi connectivity index (χ1) is 17.0. The molecular weight excluding hydrogens is 484 g/mol. The van der Waals surface area contributed by atoms with E-state index in [-0.39, 0.29) is 22.1 Å². The molecule has 3 amide bonds. The fourth-order valence-electron chi connectivity index (χ4n) is 4.34. The highest BCUT2D eigenvalue weighted by molar-refractivity contribution is 7.89. The van der Waals surface area contributed by atoms with Crippen molar-refractivity contribution >= 4 is 44.2 Å². The zero-order chi connectivity index (χ0) is 26.2. The number of sulfonamides is 1. The maximum absolute atomic E-state index is 13.5. The van der Waals surface area contributed by atoms with Gasteiger partial charge in [0.05, 0.1) is 10.5 Å². The number of fused-ring (bicyclic) bond motifs is 1. The Morgan fingerprint density at radius 2 is 1.89 bits per heavy atom. The van der Waals surface area contributed by atoms with Crippen molar-refractivity contribution in [3.05, 3.63) is 63.9 Å². The predicted octanol–water partition coefficient (Wildman–Crippen LogP) is 1.59. The number of carbonyl (C=O) groups is 2. The number of benzene rings is 2. The van der Waals surface area contributed by atoms with Gasteiger partial charge >= 0.3 is 6.03 Å². The number of H-pyrrole nitrogens is 1. The van der Waals surface area contributed by atoms with Crippen molar-refractivity contribution in [3.8, 4) is 0 Å². The van der Waals surface area contributed by atoms with E-state index in [0.717, 1.165) is 15.3 Å². The minimum absolute atomic E-state index is 0.0145. The second-order valence-corrected chi connectivity index (χ2v) is 11.1. The van der Waals surface area contributed by atoms with Crippen LogP contribution in [-0.4, -0.2) is 62.9 Å². The van der Waals surface area contributed by atoms with Crippen LogP contribution >= 0.6 is 0 Å². The summed E-state index contributed by atoms with van der Waals surface area (Å²) >= 11 is 0. The summed E-state index contributed by atoms with van der Waals surface area (Å²) in [6.45, 7) is 2.78. The van der Waals surface area contributed by atoms with Crippen LogP contribution < -0.4 is 26.8 Å². The Labute approximate surface area is 208 Å². The Morgan fingerprint density at radius 3 is 2.58 bits per heavy atom. The molecule has 0 spiro atoms. The number of anilines is 2. The van der Waals surface area contributed by atoms with Crippen LogP contribution in [-0.2, 0) is 10.0 Å². The molecule has 2 heterocycles. The number of nitrogens with two attached hydrogens (primary N) is 1. The Morgan fingerprint density at radius 1 is 1.14 bits per heavy atom. The first kappa shape index (κ1) is 25.2. The number of hydrogen-bond donors (Lipinski definition) is 4. The molecule has 36 heavy (non-hydrogen) atoms. The largest absolute Gasteiger partial charge is 0.369 e. The van der Waals surface area contributed by atoms with Gasteiger partial charge in [-0.25, -0.2) is 17.5 Å². The van der Waals surface area contributed by atoms with Gasteiger partial charge in [-0.2, -0.15) is 0 Å². The highest BCUT2D eigenvalue weighted by Gasteiger charge is 2.28. The maximum atomic E-state index is 13.5. The number of amides is 3. The number of primary amides is 1. The molecule has 0 radical (unpaired) electrons. The van der Waals surface area contributed by atoms with Gasteiger partial charge in [-0.05, 0) is 55.3 Å². The number of aromatic amines is 1. The second-order valence-electron chi connectivity index (χ2n) is 8.94. The van der Waals surface area contributed by atoms with E-state index >= 15 is 0 Å². The van der Waals surface area contributed by atoms with E-state index in [2.05, 4.69) is 15.6 Å². The predicted molar refractivity (Wildman–Crippen MR) is 138 cm³/mol. The molecule has 4 rings (SSSR count). The van der Waals surface area contributed by atoms with Crippen LogP contribution in [0.4, 0.5) is 16.2 Å². The third-order valence-electron chi connectivity index (χ3n) is 6.17. The molecule has 1 aliphatic rings. The average Bonchev–Trinajstić information content (AvgIpc) is 3.26. The molecule has 1 atom stereocenters. The molecule has 0 aliphatic carbocycles. The Hall–Kier alpha value is -3.90. The Kier molecular flexibility index (Phi) is 6.74. The lowest BCUT2D eigenvalue weighted by Gasteiger charge is -2.23. The van der Waals surface area contributed by atoms with Crippen molar-refractivity contribution in [2.75, 3.05) is 37.4 Å². The van der Waals surface area contributed by atoms with Gasteiger partial charge in [0.25, 0.3) is 5.91 Å². The average molecular weight is 513 g/mol. The summed E-state index contributed by atoms with van der Waals surface area (Å²) in [5, 5.41) is 6.30. The highest BCUT2D eigenvalue weighted by Crippen LogP contribution is 2.29. The van der Waals surface area contributed by atoms with Crippen LogP contribution in [0.2, 0.25) is 0 Å². The van der Waals surface area contributed by atoms with Crippen molar-refractivity contribution < 1.29 is 18.0 Å². The monoisotopic (exact) mass is 512 g/mol. The number of nitrogens with zero attached hydrogens (tertiary/aromatic N) is 2. The second kappa shape index (κ2) is 9.63. The van der Waals surface area contributed by atoms with Crippen molar-refractivity contribution in [1.82, 2.24) is 14.6 Å². The summed E-state index contributed by atoms with van der Waals surface area (Å²) < 4.78 is 26.6. The molecule has 5 N–H and O–H groups in total. The molecule has 1 fully saturated rings. The molecule has 2 aromatic carbocycles. The normalized spacial score (nSPS) is 15.9. The van der Waals surface area contributed by atoms with E-state index in [9.17, 15) is 22.8 Å². The number of aromatic nitrogens is 1. The number of aryl methyl sites for hydroxylation is 1. The lowest BCUT2D eigenvalue weighted by Crippen LogP contribution is -2.40. The van der Waals surface area contributed by atoms with E-state index in [1.807, 2.05) is 4.90 Å². The zero-order valence-electron chi connectivity index (χ0n) is 20.2. The summed E-state index contributed by atoms with van der Waals surface area (Å²) in [6, 6.07) is 10.2. The SMILES string of the molecule is Cc1cc(=O)[nH]c2ccc(NC(=O)c3cc(S(=O)(=O)N(C)C)ccc3N3CCC(NC(N)=O)C3)cc12. The van der Waals surface area contributed by atoms with Gasteiger partial charge in [0.15, 0.2) is 0 Å². The molecule has 1 aliphatic heterocycles. The molecule has 11 nitrogen and oxygen atoms in total. The molecule has 12 heteroatoms. The van der Waals surface area contributed by atoms with Gasteiger partial charge in [-0.3, -0.25) is 9.59 Å². The van der Waals surface area contributed by atoms with Gasteiger partial charge in [0.2, 0.25) is 15.6 Å². The van der Waals surface area contributed by atoms with E-state index < -0.39 is 22.0 Å². The van der Waals surface area contributed by atoms with Crippen LogP contribution in [0.25, 0.3) is 10.9 Å². The van der Waals surface area contributed by atoms with E-state index in [1.165, 1.54) is 32.3 Å². The Bertz CT molecular complexity index is 1520. The number of urea groups is 1. The molecule has 1 aromatic heterocycles. The van der Waals surface area contributed by atoms with E-state index in [0.29, 0.717) is 36.4 Å². The zero-order valence-corrected chi connectivity index (χ0v) is 21.0. The minimum atomic E-state index is -3.78. The maximum Gasteiger partial charge on any atom is 0.312 e. The fraction of sp³-hybridized carbons (Fsp3) is 0.292. The Balaban J connectivity index is 1.72. The fourth-order valence-corrected chi connectivity index (χ4v) is 5.27. The van der Waals surface area contributed by atoms with E-state index in [4.69, 9.17) is 5.73 Å². The van der Waals surface area contributed by atoms with Gasteiger partial charge in [0, 0.05) is 61.6 Å². The molecule has 190 valence electrons. The van der Waals surface area contributed by atoms with Gasteiger partial charge in [-0.1, -0.05) is 0 Å². The molecule has 1 saturated heterocycles. The third-order valence-corrected chi connectivity index (χ3v) is 7.99. The molecule has 3 aromatic rings. The minimum Gasteiger partial charge on any atom is -0.369 e. The first-order valence-electron chi connectivity index (χ1n) is 11.3. The van der Waals surface area contributed by atoms with Crippen molar-refractivity contribution in [1.29, 1.82) is 0 Å². The van der Waals surface area contributed by atoms with Crippen LogP contribution in [0.15, 0.2) is 52.2 Å². The van der Waals surface area contributed by atoms with Crippen LogP contribution in [0.5, 0.6) is 0 Å². The van der Waals surface area contributed by atoms with Crippen molar-refractivity contribution in [2.45, 2.75) is 24.3 Å². The van der Waals surface area contributed by atoms with E-state index in [1.54, 1.807) is 31.2 Å². The number of hydrogen-bond acceptors (Lipinski definition) is 6. The lowest BCUT2D eigenvalue weighted by molar-refractivity contribution is 0.102. The van der Waals surface area contributed by atoms with Gasteiger partial charge in [0.1, 0.15) is 0 Å². The number of pyridine rings is 1. The van der Waals surface area contributed by atoms with Crippen LogP contribution in [0.3, 0.4) is 0 Å². The van der Waals surface area contributed by atoms with Crippen LogP contribution in [0, 0.1) is 6.92 Å². The summed E-state index contributed by atoms with van der Waals surface area (Å²) in [4.78, 5) is 41.2. The molecule has 0 bridgehead atoms. The third kappa shape index (κ3) is 5.04. The number of rotatable bonds is 6. The molecule has 0 saturated carbocycles. The molecular formula is C24H28N6O5S. The number of nitrogens with one attached hydrogen (secondary N) is 3. The first-order valence-corrected chi connectivity index (χ1v) is 12.7. The van der Waals surface area contributed by atoms with Crippen LogP contribution in [0.1, 0.15) is 22.3 Å². The lowest BCUT2D eigenvalue weighted by atomic mass is 10.1. The highest BCUT2D eigenvalue weighted by atomic mass is 32.2. The van der Waals surface area contributed by atoms with Crippen molar-refractivity contribution in [3.63, 3.8) is 0 Å². The smallest absolute Gasteiger partial charge is 0.312 e. The topological polar surface area (TPSA) is 158 Å². The van der Waals surface area contributed by atoms with Gasteiger partial charge in [-0.15, -0.1) is 0 Å². The summed E-state index contributed by atoms with van der Waals surface area (Å²) in [5.41, 5.74) is 7.65. The van der Waals surface area contributed by atoms with Gasteiger partial charge < -0.3 is 26.3 Å². The summed E-state index contributed by atoms with van der Waals surface area (Å²) in [7, 11) is -0.940. The standard InChI is InChI=1S/C24H28N6O5S/c1-14-10-22(31)28-20-6-4-15(11-18(14)20)26-23(32)19-12-17(36(34,35)29(2)3)5-7-21(19)30-9-8-16(13-30)27-24(25)33/h4-7,10-12,16H,8-9,13H2,1-3H3,(H,26,32)(H,28,31)(H3,25,27,33). The number of carbonyl (C=O) groups excluding carboxylic acids is 2. The quantitative estimate of drug-likeness (QED) is 0.393. The van der Waals surface area contributed by atoms with Crippen molar-refractivity contribution in [2.24, 2.45) is 5.73 Å². The summed E-state index contributed by atoms with van der Waals surface area (Å²) in [5.74, 6) is -0.492.